The molecule has 1 saturated carbocycles. The minimum atomic E-state index is -3.76. The molecule has 2 aromatic rings. The molecule has 0 bridgehead atoms. The van der Waals surface area contributed by atoms with Gasteiger partial charge in [-0.2, -0.15) is 0 Å². The summed E-state index contributed by atoms with van der Waals surface area (Å²) in [5, 5.41) is 2.85. The Balaban J connectivity index is 1.45. The summed E-state index contributed by atoms with van der Waals surface area (Å²) in [7, 11) is -2.35. The lowest BCUT2D eigenvalue weighted by Gasteiger charge is -2.35. The Labute approximate surface area is 189 Å². The summed E-state index contributed by atoms with van der Waals surface area (Å²) in [6.45, 7) is 7.32. The number of nitrogens with zero attached hydrogens (tertiary/aromatic N) is 2. The first-order chi connectivity index (χ1) is 15.4. The van der Waals surface area contributed by atoms with Gasteiger partial charge in [-0.05, 0) is 61.9 Å². The lowest BCUT2D eigenvalue weighted by Crippen LogP contribution is -2.46. The highest BCUT2D eigenvalue weighted by Crippen LogP contribution is 2.29. The highest BCUT2D eigenvalue weighted by Gasteiger charge is 2.30. The fourth-order valence-electron chi connectivity index (χ4n) is 3.79. The van der Waals surface area contributed by atoms with Gasteiger partial charge in [0, 0.05) is 49.2 Å². The third kappa shape index (κ3) is 5.23. The van der Waals surface area contributed by atoms with E-state index in [4.69, 9.17) is 4.74 Å². The summed E-state index contributed by atoms with van der Waals surface area (Å²) in [5.74, 6) is -0.165. The molecule has 0 atom stereocenters. The molecule has 1 aliphatic heterocycles. The van der Waals surface area contributed by atoms with Gasteiger partial charge in [-0.15, -0.1) is 0 Å². The number of hydrogen-bond donors (Lipinski definition) is 2. The summed E-state index contributed by atoms with van der Waals surface area (Å²) in [5.41, 5.74) is 2.03. The van der Waals surface area contributed by atoms with Crippen molar-refractivity contribution < 1.29 is 17.9 Å². The molecule has 0 aromatic heterocycles. The van der Waals surface area contributed by atoms with E-state index in [1.807, 2.05) is 24.3 Å². The van der Waals surface area contributed by atoms with Crippen molar-refractivity contribution in [3.8, 4) is 5.75 Å². The summed E-state index contributed by atoms with van der Waals surface area (Å²) in [6.07, 6.45) is 1.65. The van der Waals surface area contributed by atoms with Gasteiger partial charge in [0.2, 0.25) is 10.0 Å². The molecule has 2 aromatic carbocycles. The van der Waals surface area contributed by atoms with Crippen molar-refractivity contribution in [2.24, 2.45) is 0 Å². The largest absolute Gasteiger partial charge is 0.495 e. The van der Waals surface area contributed by atoms with Crippen LogP contribution in [0.15, 0.2) is 47.4 Å². The maximum absolute atomic E-state index is 12.8. The zero-order chi connectivity index (χ0) is 22.7. The van der Waals surface area contributed by atoms with Gasteiger partial charge < -0.3 is 19.9 Å². The van der Waals surface area contributed by atoms with Gasteiger partial charge in [0.05, 0.1) is 7.11 Å². The maximum atomic E-state index is 12.8. The molecule has 9 heteroatoms. The van der Waals surface area contributed by atoms with Crippen LogP contribution in [0.3, 0.4) is 0 Å². The average Bonchev–Trinajstić information content (AvgIpc) is 3.62. The molecular weight excluding hydrogens is 428 g/mol. The number of ether oxygens (including phenoxy) is 1. The van der Waals surface area contributed by atoms with Crippen LogP contribution in [0, 0.1) is 0 Å². The molecule has 4 rings (SSSR count). The zero-order valence-corrected chi connectivity index (χ0v) is 19.3. The number of benzene rings is 2. The Kier molecular flexibility index (Phi) is 6.68. The minimum absolute atomic E-state index is 0.0267. The summed E-state index contributed by atoms with van der Waals surface area (Å²) >= 11 is 0. The first kappa shape index (κ1) is 22.6. The Morgan fingerprint density at radius 1 is 1.06 bits per heavy atom. The molecular formula is C23H30N4O4S. The molecule has 1 amide bonds. The van der Waals surface area contributed by atoms with Crippen LogP contribution in [0.25, 0.3) is 0 Å². The van der Waals surface area contributed by atoms with Gasteiger partial charge in [-0.25, -0.2) is 13.1 Å². The molecule has 0 unspecified atom stereocenters. The number of amides is 1. The van der Waals surface area contributed by atoms with Crippen molar-refractivity contribution in [1.82, 2.24) is 9.62 Å². The number of sulfonamides is 1. The Hall–Kier alpha value is -2.62. The number of methoxy groups -OCH3 is 1. The molecule has 1 heterocycles. The summed E-state index contributed by atoms with van der Waals surface area (Å²) in [6, 6.07) is 12.1. The number of nitrogens with one attached hydrogen (secondary N) is 2. The third-order valence-electron chi connectivity index (χ3n) is 5.92. The number of piperazine rings is 1. The van der Waals surface area contributed by atoms with Crippen molar-refractivity contribution in [2.75, 3.05) is 50.1 Å². The van der Waals surface area contributed by atoms with Crippen molar-refractivity contribution in [1.29, 1.82) is 0 Å². The van der Waals surface area contributed by atoms with Crippen LogP contribution in [0.2, 0.25) is 0 Å². The van der Waals surface area contributed by atoms with E-state index in [0.717, 1.165) is 51.3 Å². The number of anilines is 2. The van der Waals surface area contributed by atoms with E-state index in [-0.39, 0.29) is 28.2 Å². The van der Waals surface area contributed by atoms with E-state index in [0.29, 0.717) is 5.69 Å². The quantitative estimate of drug-likeness (QED) is 0.632. The van der Waals surface area contributed by atoms with Crippen molar-refractivity contribution in [3.63, 3.8) is 0 Å². The van der Waals surface area contributed by atoms with Crippen molar-refractivity contribution >= 4 is 27.3 Å². The van der Waals surface area contributed by atoms with Crippen molar-refractivity contribution in [3.05, 3.63) is 48.0 Å². The number of rotatable bonds is 8. The highest BCUT2D eigenvalue weighted by molar-refractivity contribution is 7.89. The molecule has 2 fully saturated rings. The van der Waals surface area contributed by atoms with Gasteiger partial charge in [-0.1, -0.05) is 6.92 Å². The second-order valence-electron chi connectivity index (χ2n) is 8.18. The number of carbonyl (C=O) groups is 1. The third-order valence-corrected chi connectivity index (χ3v) is 7.47. The predicted octanol–water partition coefficient (Wildman–Crippen LogP) is 2.53. The topological polar surface area (TPSA) is 91.0 Å². The first-order valence-corrected chi connectivity index (χ1v) is 12.5. The molecule has 2 N–H and O–H groups in total. The smallest absolute Gasteiger partial charge is 0.255 e. The number of likely N-dealkylation sites (N-methyl/N-ethyl adjacent to an activating group) is 1. The van der Waals surface area contributed by atoms with Crippen LogP contribution < -0.4 is 19.7 Å². The van der Waals surface area contributed by atoms with Crippen molar-refractivity contribution in [2.45, 2.75) is 30.7 Å². The SMILES string of the molecule is CCN1CCN(c2ccc(NC(=O)c3ccc(OC)c(S(=O)(=O)NC4CC4)c3)cc2)CC1. The van der Waals surface area contributed by atoms with Crippen LogP contribution in [0.1, 0.15) is 30.1 Å². The molecule has 2 aliphatic rings. The molecule has 1 saturated heterocycles. The summed E-state index contributed by atoms with van der Waals surface area (Å²) in [4.78, 5) is 17.5. The van der Waals surface area contributed by atoms with E-state index in [9.17, 15) is 13.2 Å². The van der Waals surface area contributed by atoms with Crippen LogP contribution in [-0.2, 0) is 10.0 Å². The van der Waals surface area contributed by atoms with E-state index < -0.39 is 10.0 Å². The normalized spacial score (nSPS) is 17.2. The first-order valence-electron chi connectivity index (χ1n) is 11.0. The van der Waals surface area contributed by atoms with Gasteiger partial charge in [0.15, 0.2) is 0 Å². The Bertz CT molecular complexity index is 1060. The molecule has 0 radical (unpaired) electrons. The fourth-order valence-corrected chi connectivity index (χ4v) is 5.29. The van der Waals surface area contributed by atoms with E-state index in [2.05, 4.69) is 26.8 Å². The van der Waals surface area contributed by atoms with Gasteiger partial charge >= 0.3 is 0 Å². The predicted molar refractivity (Wildman–Crippen MR) is 125 cm³/mol. The second kappa shape index (κ2) is 9.48. The summed E-state index contributed by atoms with van der Waals surface area (Å²) < 4.78 is 33.2. The standard InChI is InChI=1S/C23H30N4O4S/c1-3-26-12-14-27(15-13-26)20-9-7-18(8-10-20)24-23(28)17-4-11-21(31-2)22(16-17)32(29,30)25-19-5-6-19/h4,7-11,16,19,25H,3,5-6,12-15H2,1-2H3,(H,24,28). The Morgan fingerprint density at radius 2 is 1.75 bits per heavy atom. The molecule has 172 valence electrons. The Morgan fingerprint density at radius 3 is 2.34 bits per heavy atom. The second-order valence-corrected chi connectivity index (χ2v) is 9.87. The molecule has 1 aliphatic carbocycles. The highest BCUT2D eigenvalue weighted by atomic mass is 32.2. The lowest BCUT2D eigenvalue weighted by molar-refractivity contribution is 0.102. The van der Waals surface area contributed by atoms with Crippen LogP contribution in [0.4, 0.5) is 11.4 Å². The number of carbonyl (C=O) groups excluding carboxylic acids is 1. The van der Waals surface area contributed by atoms with Gasteiger partial charge in [0.1, 0.15) is 10.6 Å². The number of hydrogen-bond acceptors (Lipinski definition) is 6. The van der Waals surface area contributed by atoms with Crippen LogP contribution >= 0.6 is 0 Å². The zero-order valence-electron chi connectivity index (χ0n) is 18.5. The monoisotopic (exact) mass is 458 g/mol. The van der Waals surface area contributed by atoms with E-state index in [1.165, 1.54) is 19.2 Å². The van der Waals surface area contributed by atoms with E-state index >= 15 is 0 Å². The van der Waals surface area contributed by atoms with Gasteiger partial charge in [0.25, 0.3) is 5.91 Å². The lowest BCUT2D eigenvalue weighted by atomic mass is 10.2. The maximum Gasteiger partial charge on any atom is 0.255 e. The average molecular weight is 459 g/mol. The fraction of sp³-hybridized carbons (Fsp3) is 0.435. The molecule has 32 heavy (non-hydrogen) atoms. The van der Waals surface area contributed by atoms with E-state index in [1.54, 1.807) is 6.07 Å². The van der Waals surface area contributed by atoms with Crippen LogP contribution in [0.5, 0.6) is 5.75 Å². The molecule has 8 nitrogen and oxygen atoms in total. The molecule has 0 spiro atoms. The van der Waals surface area contributed by atoms with Crippen LogP contribution in [-0.4, -0.2) is 65.1 Å². The van der Waals surface area contributed by atoms with Gasteiger partial charge in [-0.3, -0.25) is 4.79 Å². The minimum Gasteiger partial charge on any atom is -0.495 e.